The van der Waals surface area contributed by atoms with E-state index in [1.807, 2.05) is 50.8 Å². The molecule has 1 unspecified atom stereocenters. The van der Waals surface area contributed by atoms with Gasteiger partial charge in [0, 0.05) is 30.2 Å². The highest BCUT2D eigenvalue weighted by atomic mass is 15.3. The Morgan fingerprint density at radius 3 is 2.41 bits per heavy atom. The van der Waals surface area contributed by atoms with Gasteiger partial charge in [-0.3, -0.25) is 9.67 Å². The lowest BCUT2D eigenvalue weighted by Crippen LogP contribution is -2.14. The number of aryl methyl sites for hydroxylation is 3. The van der Waals surface area contributed by atoms with Crippen LogP contribution in [0, 0.1) is 20.8 Å². The molecule has 90 valence electrons. The molecule has 0 fully saturated rings. The summed E-state index contributed by atoms with van der Waals surface area (Å²) in [7, 11) is 1.94. The standard InChI is InChI=1S/C13H18N4/c1-8-5-6-11(7-15-8)13(14)12-9(2)16-17(4)10(12)3/h5-7,13H,14H2,1-4H3. The van der Waals surface area contributed by atoms with Crippen molar-refractivity contribution in [3.63, 3.8) is 0 Å². The lowest BCUT2D eigenvalue weighted by atomic mass is 9.99. The first-order chi connectivity index (χ1) is 8.00. The van der Waals surface area contributed by atoms with Crippen LogP contribution in [0.2, 0.25) is 0 Å². The molecule has 0 aliphatic heterocycles. The van der Waals surface area contributed by atoms with E-state index in [0.717, 1.165) is 28.2 Å². The Labute approximate surface area is 101 Å². The summed E-state index contributed by atoms with van der Waals surface area (Å²) in [6.07, 6.45) is 1.84. The van der Waals surface area contributed by atoms with Crippen LogP contribution in [0.3, 0.4) is 0 Å². The van der Waals surface area contributed by atoms with E-state index in [-0.39, 0.29) is 6.04 Å². The van der Waals surface area contributed by atoms with Crippen molar-refractivity contribution in [3.8, 4) is 0 Å². The summed E-state index contributed by atoms with van der Waals surface area (Å²) in [4.78, 5) is 4.28. The first kappa shape index (κ1) is 11.8. The van der Waals surface area contributed by atoms with Gasteiger partial charge in [0.15, 0.2) is 0 Å². The van der Waals surface area contributed by atoms with Crippen molar-refractivity contribution in [1.82, 2.24) is 14.8 Å². The summed E-state index contributed by atoms with van der Waals surface area (Å²) in [5.41, 5.74) is 11.5. The fraction of sp³-hybridized carbons (Fsp3) is 0.385. The van der Waals surface area contributed by atoms with Gasteiger partial charge in [-0.15, -0.1) is 0 Å². The van der Waals surface area contributed by atoms with Crippen molar-refractivity contribution in [2.45, 2.75) is 26.8 Å². The minimum absolute atomic E-state index is 0.156. The Bertz CT molecular complexity index is 525. The van der Waals surface area contributed by atoms with E-state index in [2.05, 4.69) is 10.1 Å². The van der Waals surface area contributed by atoms with Gasteiger partial charge in [0.05, 0.1) is 11.7 Å². The number of hydrogen-bond donors (Lipinski definition) is 1. The molecule has 2 N–H and O–H groups in total. The molecule has 0 aliphatic carbocycles. The highest BCUT2D eigenvalue weighted by molar-refractivity contribution is 5.35. The molecule has 4 heteroatoms. The number of aromatic nitrogens is 3. The number of rotatable bonds is 2. The minimum Gasteiger partial charge on any atom is -0.320 e. The normalized spacial score (nSPS) is 12.8. The van der Waals surface area contributed by atoms with E-state index >= 15 is 0 Å². The second-order valence-electron chi connectivity index (χ2n) is 4.42. The van der Waals surface area contributed by atoms with Crippen molar-refractivity contribution in [2.75, 3.05) is 0 Å². The molecule has 2 aromatic heterocycles. The van der Waals surface area contributed by atoms with Crippen LogP contribution in [0.15, 0.2) is 18.3 Å². The molecular weight excluding hydrogens is 212 g/mol. The zero-order valence-corrected chi connectivity index (χ0v) is 10.7. The molecule has 0 aliphatic rings. The Hall–Kier alpha value is -1.68. The minimum atomic E-state index is -0.156. The molecule has 17 heavy (non-hydrogen) atoms. The highest BCUT2D eigenvalue weighted by Gasteiger charge is 2.18. The average molecular weight is 230 g/mol. The highest BCUT2D eigenvalue weighted by Crippen LogP contribution is 2.24. The van der Waals surface area contributed by atoms with Gasteiger partial charge >= 0.3 is 0 Å². The van der Waals surface area contributed by atoms with Crippen molar-refractivity contribution < 1.29 is 0 Å². The first-order valence-electron chi connectivity index (χ1n) is 5.69. The molecule has 0 spiro atoms. The predicted octanol–water partition coefficient (Wildman–Crippen LogP) is 1.79. The van der Waals surface area contributed by atoms with E-state index in [0.29, 0.717) is 0 Å². The van der Waals surface area contributed by atoms with Gasteiger partial charge in [0.1, 0.15) is 0 Å². The third-order valence-electron chi connectivity index (χ3n) is 3.17. The second-order valence-corrected chi connectivity index (χ2v) is 4.42. The van der Waals surface area contributed by atoms with E-state index in [1.165, 1.54) is 0 Å². The summed E-state index contributed by atoms with van der Waals surface area (Å²) in [6.45, 7) is 6.00. The van der Waals surface area contributed by atoms with E-state index in [9.17, 15) is 0 Å². The summed E-state index contributed by atoms with van der Waals surface area (Å²) >= 11 is 0. The maximum absolute atomic E-state index is 6.29. The Morgan fingerprint density at radius 2 is 1.94 bits per heavy atom. The van der Waals surface area contributed by atoms with Gasteiger partial charge in [-0.1, -0.05) is 6.07 Å². The number of pyridine rings is 1. The molecule has 2 rings (SSSR count). The molecule has 0 saturated heterocycles. The van der Waals surface area contributed by atoms with E-state index in [4.69, 9.17) is 5.73 Å². The van der Waals surface area contributed by atoms with Crippen molar-refractivity contribution in [2.24, 2.45) is 12.8 Å². The topological polar surface area (TPSA) is 56.7 Å². The number of hydrogen-bond acceptors (Lipinski definition) is 3. The maximum Gasteiger partial charge on any atom is 0.0647 e. The van der Waals surface area contributed by atoms with Gasteiger partial charge < -0.3 is 5.73 Å². The van der Waals surface area contributed by atoms with Crippen molar-refractivity contribution in [3.05, 3.63) is 46.5 Å². The molecule has 2 heterocycles. The maximum atomic E-state index is 6.29. The van der Waals surface area contributed by atoms with Crippen LogP contribution in [-0.2, 0) is 7.05 Å². The SMILES string of the molecule is Cc1ccc(C(N)c2c(C)nn(C)c2C)cn1. The summed E-state index contributed by atoms with van der Waals surface area (Å²) in [6, 6.07) is 3.85. The largest absolute Gasteiger partial charge is 0.320 e. The van der Waals surface area contributed by atoms with Crippen molar-refractivity contribution >= 4 is 0 Å². The third kappa shape index (κ3) is 2.08. The molecule has 0 bridgehead atoms. The number of nitrogens with two attached hydrogens (primary N) is 1. The van der Waals surface area contributed by atoms with E-state index < -0.39 is 0 Å². The molecule has 2 aromatic rings. The molecular formula is C13H18N4. The Kier molecular flexibility index (Phi) is 2.98. The number of nitrogens with zero attached hydrogens (tertiary/aromatic N) is 3. The quantitative estimate of drug-likeness (QED) is 0.855. The van der Waals surface area contributed by atoms with Crippen LogP contribution in [0.25, 0.3) is 0 Å². The van der Waals surface area contributed by atoms with Gasteiger partial charge in [-0.2, -0.15) is 5.10 Å². The van der Waals surface area contributed by atoms with E-state index in [1.54, 1.807) is 0 Å². The smallest absolute Gasteiger partial charge is 0.0647 e. The van der Waals surface area contributed by atoms with Gasteiger partial charge in [0.2, 0.25) is 0 Å². The molecule has 0 aromatic carbocycles. The van der Waals surface area contributed by atoms with Crippen LogP contribution >= 0.6 is 0 Å². The van der Waals surface area contributed by atoms with Crippen LogP contribution < -0.4 is 5.73 Å². The van der Waals surface area contributed by atoms with Crippen LogP contribution in [0.5, 0.6) is 0 Å². The fourth-order valence-corrected chi connectivity index (χ4v) is 2.07. The molecule has 0 saturated carbocycles. The van der Waals surface area contributed by atoms with Gasteiger partial charge in [-0.05, 0) is 32.4 Å². The lowest BCUT2D eigenvalue weighted by molar-refractivity contribution is 0.728. The summed E-state index contributed by atoms with van der Waals surface area (Å²) < 4.78 is 1.87. The third-order valence-corrected chi connectivity index (χ3v) is 3.17. The lowest BCUT2D eigenvalue weighted by Gasteiger charge is -2.12. The Morgan fingerprint density at radius 1 is 1.24 bits per heavy atom. The average Bonchev–Trinajstić information content (AvgIpc) is 2.53. The van der Waals surface area contributed by atoms with Gasteiger partial charge in [-0.25, -0.2) is 0 Å². The Balaban J connectivity index is 2.43. The molecule has 1 atom stereocenters. The second kappa shape index (κ2) is 4.30. The first-order valence-corrected chi connectivity index (χ1v) is 5.69. The van der Waals surface area contributed by atoms with Crippen LogP contribution in [-0.4, -0.2) is 14.8 Å². The van der Waals surface area contributed by atoms with Crippen molar-refractivity contribution in [1.29, 1.82) is 0 Å². The van der Waals surface area contributed by atoms with Crippen LogP contribution in [0.1, 0.15) is 34.3 Å². The summed E-state index contributed by atoms with van der Waals surface area (Å²) in [5, 5.41) is 4.39. The zero-order chi connectivity index (χ0) is 12.6. The fourth-order valence-electron chi connectivity index (χ4n) is 2.07. The predicted molar refractivity (Wildman–Crippen MR) is 67.7 cm³/mol. The zero-order valence-electron chi connectivity index (χ0n) is 10.7. The van der Waals surface area contributed by atoms with Gasteiger partial charge in [0.25, 0.3) is 0 Å². The van der Waals surface area contributed by atoms with Crippen LogP contribution in [0.4, 0.5) is 0 Å². The molecule has 4 nitrogen and oxygen atoms in total. The molecule has 0 amide bonds. The molecule has 0 radical (unpaired) electrons. The monoisotopic (exact) mass is 230 g/mol. The summed E-state index contributed by atoms with van der Waals surface area (Å²) in [5.74, 6) is 0.